The van der Waals surface area contributed by atoms with Gasteiger partial charge in [-0.25, -0.2) is 4.98 Å². The quantitative estimate of drug-likeness (QED) is 0.564. The van der Waals surface area contributed by atoms with Crippen molar-refractivity contribution in [1.82, 2.24) is 4.98 Å². The molecule has 0 radical (unpaired) electrons. The van der Waals surface area contributed by atoms with Gasteiger partial charge in [0.2, 0.25) is 5.91 Å². The SMILES string of the molecule is O=C(CCNc1ccc(C(F)(F)F)cc1[N+](=O)[O-])Nc1nc2c(s1)CCC2. The Morgan fingerprint density at radius 3 is 2.78 bits per heavy atom. The van der Waals surface area contributed by atoms with Crippen LogP contribution in [0.2, 0.25) is 0 Å². The third-order valence-corrected chi connectivity index (χ3v) is 5.10. The summed E-state index contributed by atoms with van der Waals surface area (Å²) in [6.07, 6.45) is -1.75. The number of thiazole rings is 1. The summed E-state index contributed by atoms with van der Waals surface area (Å²) in [7, 11) is 0. The first-order valence-corrected chi connectivity index (χ1v) is 8.93. The summed E-state index contributed by atoms with van der Waals surface area (Å²) in [5, 5.41) is 16.8. The van der Waals surface area contributed by atoms with E-state index in [1.807, 2.05) is 0 Å². The number of halogens is 3. The zero-order valence-corrected chi connectivity index (χ0v) is 14.7. The molecule has 0 bridgehead atoms. The molecule has 0 saturated carbocycles. The molecule has 1 aliphatic carbocycles. The molecule has 1 amide bonds. The molecule has 0 aliphatic heterocycles. The third kappa shape index (κ3) is 4.54. The standard InChI is InChI=1S/C16H15F3N4O3S/c17-16(18,19)9-4-5-10(12(8-9)23(25)26)20-7-6-14(24)22-15-21-11-2-1-3-13(11)27-15/h4-5,8,20H,1-3,6-7H2,(H,21,22,24). The van der Waals surface area contributed by atoms with Crippen LogP contribution in [-0.4, -0.2) is 22.4 Å². The Kier molecular flexibility index (Phi) is 5.31. The average Bonchev–Trinajstić information content (AvgIpc) is 3.15. The van der Waals surface area contributed by atoms with E-state index in [9.17, 15) is 28.1 Å². The van der Waals surface area contributed by atoms with Crippen LogP contribution < -0.4 is 10.6 Å². The predicted octanol–water partition coefficient (Wildman–Crippen LogP) is 4.00. The molecule has 2 N–H and O–H groups in total. The zero-order valence-electron chi connectivity index (χ0n) is 13.9. The number of carbonyl (C=O) groups excluding carboxylic acids is 1. The number of alkyl halides is 3. The Hall–Kier alpha value is -2.69. The number of hydrogen-bond acceptors (Lipinski definition) is 6. The third-order valence-electron chi connectivity index (χ3n) is 4.03. The molecule has 7 nitrogen and oxygen atoms in total. The number of carbonyl (C=O) groups is 1. The lowest BCUT2D eigenvalue weighted by atomic mass is 10.1. The maximum atomic E-state index is 12.7. The highest BCUT2D eigenvalue weighted by molar-refractivity contribution is 7.15. The number of hydrogen-bond donors (Lipinski definition) is 2. The van der Waals surface area contributed by atoms with Gasteiger partial charge in [0.25, 0.3) is 5.69 Å². The molecular formula is C16H15F3N4O3S. The molecule has 0 spiro atoms. The number of anilines is 2. The predicted molar refractivity (Wildman–Crippen MR) is 94.0 cm³/mol. The normalized spacial score (nSPS) is 13.3. The minimum Gasteiger partial charge on any atom is -0.379 e. The van der Waals surface area contributed by atoms with E-state index in [1.54, 1.807) is 0 Å². The minimum absolute atomic E-state index is 0.0115. The van der Waals surface area contributed by atoms with Crippen molar-refractivity contribution in [3.8, 4) is 0 Å². The molecule has 2 aromatic rings. The molecule has 0 atom stereocenters. The maximum absolute atomic E-state index is 12.7. The van der Waals surface area contributed by atoms with Crippen molar-refractivity contribution in [2.75, 3.05) is 17.2 Å². The van der Waals surface area contributed by atoms with Gasteiger partial charge in [0.1, 0.15) is 5.69 Å². The number of nitro benzene ring substituents is 1. The van der Waals surface area contributed by atoms with Crippen LogP contribution >= 0.6 is 11.3 Å². The van der Waals surface area contributed by atoms with E-state index < -0.39 is 22.4 Å². The fourth-order valence-corrected chi connectivity index (χ4v) is 3.81. The Morgan fingerprint density at radius 1 is 1.33 bits per heavy atom. The van der Waals surface area contributed by atoms with Crippen LogP contribution in [0.4, 0.5) is 29.7 Å². The van der Waals surface area contributed by atoms with Crippen molar-refractivity contribution < 1.29 is 22.9 Å². The second kappa shape index (κ2) is 7.51. The largest absolute Gasteiger partial charge is 0.416 e. The van der Waals surface area contributed by atoms with Crippen LogP contribution in [-0.2, 0) is 23.8 Å². The number of nitrogens with one attached hydrogen (secondary N) is 2. The first kappa shape index (κ1) is 19.1. The van der Waals surface area contributed by atoms with Crippen LogP contribution in [0.5, 0.6) is 0 Å². The smallest absolute Gasteiger partial charge is 0.379 e. The number of nitrogens with zero attached hydrogens (tertiary/aromatic N) is 2. The van der Waals surface area contributed by atoms with E-state index in [0.717, 1.165) is 37.1 Å². The van der Waals surface area contributed by atoms with Crippen LogP contribution in [0.3, 0.4) is 0 Å². The number of nitro groups is 1. The number of fused-ring (bicyclic) bond motifs is 1. The summed E-state index contributed by atoms with van der Waals surface area (Å²) in [4.78, 5) is 27.6. The Labute approximate surface area is 155 Å². The van der Waals surface area contributed by atoms with Crippen molar-refractivity contribution >= 4 is 33.8 Å². The van der Waals surface area contributed by atoms with Crippen molar-refractivity contribution in [3.63, 3.8) is 0 Å². The summed E-state index contributed by atoms with van der Waals surface area (Å²) in [5.41, 5.74) is -0.862. The Balaban J connectivity index is 1.57. The van der Waals surface area contributed by atoms with Gasteiger partial charge in [-0.1, -0.05) is 0 Å². The molecule has 3 rings (SSSR count). The molecule has 144 valence electrons. The second-order valence-corrected chi connectivity index (χ2v) is 7.04. The lowest BCUT2D eigenvalue weighted by Crippen LogP contribution is -2.16. The number of benzene rings is 1. The monoisotopic (exact) mass is 400 g/mol. The first-order valence-electron chi connectivity index (χ1n) is 8.12. The Morgan fingerprint density at radius 2 is 2.11 bits per heavy atom. The molecule has 0 saturated heterocycles. The summed E-state index contributed by atoms with van der Waals surface area (Å²) in [6.45, 7) is 0.0309. The highest BCUT2D eigenvalue weighted by Crippen LogP contribution is 2.35. The molecule has 27 heavy (non-hydrogen) atoms. The summed E-state index contributed by atoms with van der Waals surface area (Å²) < 4.78 is 38.1. The van der Waals surface area contributed by atoms with Gasteiger partial charge < -0.3 is 10.6 Å². The molecule has 1 aromatic heterocycles. The van der Waals surface area contributed by atoms with Gasteiger partial charge in [-0.2, -0.15) is 13.2 Å². The van der Waals surface area contributed by atoms with Gasteiger partial charge in [-0.15, -0.1) is 11.3 Å². The van der Waals surface area contributed by atoms with Crippen molar-refractivity contribution in [2.24, 2.45) is 0 Å². The first-order chi connectivity index (χ1) is 12.7. The lowest BCUT2D eigenvalue weighted by Gasteiger charge is -2.10. The van der Waals surface area contributed by atoms with E-state index in [1.165, 1.54) is 16.2 Å². The molecule has 11 heteroatoms. The van der Waals surface area contributed by atoms with E-state index in [2.05, 4.69) is 15.6 Å². The zero-order chi connectivity index (χ0) is 19.6. The van der Waals surface area contributed by atoms with Gasteiger partial charge in [0.15, 0.2) is 5.13 Å². The maximum Gasteiger partial charge on any atom is 0.416 e. The van der Waals surface area contributed by atoms with E-state index in [-0.39, 0.29) is 24.6 Å². The topological polar surface area (TPSA) is 97.2 Å². The fraction of sp³-hybridized carbons (Fsp3) is 0.375. The van der Waals surface area contributed by atoms with Crippen molar-refractivity contribution in [3.05, 3.63) is 44.4 Å². The highest BCUT2D eigenvalue weighted by atomic mass is 32.1. The van der Waals surface area contributed by atoms with Gasteiger partial charge in [-0.05, 0) is 31.4 Å². The highest BCUT2D eigenvalue weighted by Gasteiger charge is 2.33. The van der Waals surface area contributed by atoms with Crippen molar-refractivity contribution in [1.29, 1.82) is 0 Å². The van der Waals surface area contributed by atoms with Crippen LogP contribution in [0, 0.1) is 10.1 Å². The molecule has 1 aliphatic rings. The lowest BCUT2D eigenvalue weighted by molar-refractivity contribution is -0.384. The van der Waals surface area contributed by atoms with Gasteiger partial charge in [0, 0.05) is 23.9 Å². The van der Waals surface area contributed by atoms with E-state index in [4.69, 9.17) is 0 Å². The Bertz CT molecular complexity index is 861. The molecular weight excluding hydrogens is 385 g/mol. The van der Waals surface area contributed by atoms with Crippen LogP contribution in [0.1, 0.15) is 29.0 Å². The summed E-state index contributed by atoms with van der Waals surface area (Å²) in [5.74, 6) is -0.329. The molecule has 1 heterocycles. The minimum atomic E-state index is -4.67. The van der Waals surface area contributed by atoms with Gasteiger partial charge in [-0.3, -0.25) is 14.9 Å². The van der Waals surface area contributed by atoms with E-state index >= 15 is 0 Å². The fourth-order valence-electron chi connectivity index (χ4n) is 2.74. The molecule has 0 unspecified atom stereocenters. The number of rotatable bonds is 6. The van der Waals surface area contributed by atoms with Crippen LogP contribution in [0.25, 0.3) is 0 Å². The van der Waals surface area contributed by atoms with Gasteiger partial charge in [0.05, 0.1) is 16.2 Å². The average molecular weight is 400 g/mol. The number of aromatic nitrogens is 1. The van der Waals surface area contributed by atoms with E-state index in [0.29, 0.717) is 11.2 Å². The van der Waals surface area contributed by atoms with Gasteiger partial charge >= 0.3 is 6.18 Å². The van der Waals surface area contributed by atoms with Crippen molar-refractivity contribution in [2.45, 2.75) is 31.9 Å². The van der Waals surface area contributed by atoms with Crippen LogP contribution in [0.15, 0.2) is 18.2 Å². The number of amides is 1. The number of aryl methyl sites for hydroxylation is 2. The summed E-state index contributed by atoms with van der Waals surface area (Å²) in [6, 6.07) is 2.22. The molecule has 0 fully saturated rings. The molecule has 1 aromatic carbocycles. The summed E-state index contributed by atoms with van der Waals surface area (Å²) >= 11 is 1.43. The second-order valence-electron chi connectivity index (χ2n) is 5.95.